The molecular weight excluding hydrogens is 232 g/mol. The lowest BCUT2D eigenvalue weighted by atomic mass is 10.1. The van der Waals surface area contributed by atoms with Crippen LogP contribution < -0.4 is 20.1 Å². The number of hydrogen-bond donors (Lipinski definition) is 2. The van der Waals surface area contributed by atoms with Crippen LogP contribution in [0.3, 0.4) is 0 Å². The molecule has 5 nitrogen and oxygen atoms in total. The molecule has 0 spiro atoms. The Labute approximate surface area is 107 Å². The Kier molecular flexibility index (Phi) is 5.45. The molecule has 0 radical (unpaired) electrons. The number of rotatable bonds is 6. The third-order valence-corrected chi connectivity index (χ3v) is 2.73. The van der Waals surface area contributed by atoms with Gasteiger partial charge in [-0.3, -0.25) is 4.79 Å². The summed E-state index contributed by atoms with van der Waals surface area (Å²) in [6.07, 6.45) is 0. The highest BCUT2D eigenvalue weighted by Gasteiger charge is 2.11. The molecule has 0 fully saturated rings. The molecule has 18 heavy (non-hydrogen) atoms. The summed E-state index contributed by atoms with van der Waals surface area (Å²) in [6, 6.07) is 5.32. The van der Waals surface area contributed by atoms with Gasteiger partial charge in [0.1, 0.15) is 11.5 Å². The number of nitrogens with one attached hydrogen (secondary N) is 2. The maximum atomic E-state index is 11.4. The van der Waals surface area contributed by atoms with Crippen LogP contribution in [0, 0.1) is 0 Å². The van der Waals surface area contributed by atoms with Crippen molar-refractivity contribution in [3.63, 3.8) is 0 Å². The molecule has 0 aromatic heterocycles. The number of carbonyl (C=O) groups excluding carboxylic acids is 1. The molecule has 1 aromatic carbocycles. The fourth-order valence-electron chi connectivity index (χ4n) is 1.59. The fourth-order valence-corrected chi connectivity index (χ4v) is 1.59. The number of amides is 1. The number of carbonyl (C=O) groups is 1. The fraction of sp³-hybridized carbons (Fsp3) is 0.462. The molecule has 0 aliphatic carbocycles. The van der Waals surface area contributed by atoms with Gasteiger partial charge in [0.2, 0.25) is 5.91 Å². The molecule has 1 rings (SSSR count). The van der Waals surface area contributed by atoms with Crippen LogP contribution in [0.15, 0.2) is 18.2 Å². The van der Waals surface area contributed by atoms with Gasteiger partial charge in [0.05, 0.1) is 20.3 Å². The van der Waals surface area contributed by atoms with Crippen molar-refractivity contribution in [2.24, 2.45) is 0 Å². The van der Waals surface area contributed by atoms with Gasteiger partial charge in [0.25, 0.3) is 0 Å². The van der Waals surface area contributed by atoms with Gasteiger partial charge in [-0.2, -0.15) is 0 Å². The SMILES string of the molecule is CNC(=O)C(C)NCc1cc(OC)ccc1OC. The lowest BCUT2D eigenvalue weighted by Crippen LogP contribution is -2.40. The predicted octanol–water partition coefficient (Wildman–Crippen LogP) is 0.928. The summed E-state index contributed by atoms with van der Waals surface area (Å²) in [5, 5.41) is 5.72. The van der Waals surface area contributed by atoms with E-state index >= 15 is 0 Å². The maximum Gasteiger partial charge on any atom is 0.236 e. The number of methoxy groups -OCH3 is 2. The van der Waals surface area contributed by atoms with Gasteiger partial charge >= 0.3 is 0 Å². The first kappa shape index (κ1) is 14.3. The van der Waals surface area contributed by atoms with Crippen LogP contribution >= 0.6 is 0 Å². The second-order valence-electron chi connectivity index (χ2n) is 3.89. The molecule has 1 amide bonds. The quantitative estimate of drug-likeness (QED) is 0.790. The first-order chi connectivity index (χ1) is 8.62. The van der Waals surface area contributed by atoms with Crippen molar-refractivity contribution in [2.45, 2.75) is 19.5 Å². The van der Waals surface area contributed by atoms with Crippen molar-refractivity contribution in [3.8, 4) is 11.5 Å². The Bertz CT molecular complexity index is 407. The third-order valence-electron chi connectivity index (χ3n) is 2.73. The van der Waals surface area contributed by atoms with Gasteiger partial charge in [-0.25, -0.2) is 0 Å². The Morgan fingerprint density at radius 3 is 2.61 bits per heavy atom. The molecule has 1 unspecified atom stereocenters. The second kappa shape index (κ2) is 6.86. The van der Waals surface area contributed by atoms with Crippen LogP contribution in [0.5, 0.6) is 11.5 Å². The van der Waals surface area contributed by atoms with Crippen molar-refractivity contribution in [2.75, 3.05) is 21.3 Å². The molecule has 0 saturated carbocycles. The average Bonchev–Trinajstić information content (AvgIpc) is 2.43. The van der Waals surface area contributed by atoms with Crippen molar-refractivity contribution in [3.05, 3.63) is 23.8 Å². The summed E-state index contributed by atoms with van der Waals surface area (Å²) >= 11 is 0. The summed E-state index contributed by atoms with van der Waals surface area (Å²) in [4.78, 5) is 11.4. The number of benzene rings is 1. The topological polar surface area (TPSA) is 59.6 Å². The Morgan fingerprint density at radius 2 is 2.06 bits per heavy atom. The zero-order valence-electron chi connectivity index (χ0n) is 11.2. The molecule has 5 heteroatoms. The van der Waals surface area contributed by atoms with Gasteiger partial charge < -0.3 is 20.1 Å². The van der Waals surface area contributed by atoms with E-state index in [0.29, 0.717) is 6.54 Å². The summed E-state index contributed by atoms with van der Waals surface area (Å²) in [6.45, 7) is 2.35. The van der Waals surface area contributed by atoms with Crippen LogP contribution in [-0.2, 0) is 11.3 Å². The average molecular weight is 252 g/mol. The number of likely N-dealkylation sites (N-methyl/N-ethyl adjacent to an activating group) is 1. The van der Waals surface area contributed by atoms with E-state index in [1.807, 2.05) is 25.1 Å². The Morgan fingerprint density at radius 1 is 1.33 bits per heavy atom. The normalized spacial score (nSPS) is 11.8. The second-order valence-corrected chi connectivity index (χ2v) is 3.89. The van der Waals surface area contributed by atoms with E-state index in [-0.39, 0.29) is 11.9 Å². The van der Waals surface area contributed by atoms with E-state index in [4.69, 9.17) is 9.47 Å². The molecule has 0 aliphatic rings. The lowest BCUT2D eigenvalue weighted by molar-refractivity contribution is -0.122. The molecule has 2 N–H and O–H groups in total. The van der Waals surface area contributed by atoms with Crippen LogP contribution in [0.4, 0.5) is 0 Å². The van der Waals surface area contributed by atoms with Crippen molar-refractivity contribution >= 4 is 5.91 Å². The van der Waals surface area contributed by atoms with Gasteiger partial charge in [-0.15, -0.1) is 0 Å². The standard InChI is InChI=1S/C13H20N2O3/c1-9(13(16)14-2)15-8-10-7-11(17-3)5-6-12(10)18-4/h5-7,9,15H,8H2,1-4H3,(H,14,16). The molecular formula is C13H20N2O3. The molecule has 1 aromatic rings. The highest BCUT2D eigenvalue weighted by Crippen LogP contribution is 2.23. The monoisotopic (exact) mass is 252 g/mol. The highest BCUT2D eigenvalue weighted by molar-refractivity contribution is 5.80. The number of hydrogen-bond acceptors (Lipinski definition) is 4. The first-order valence-electron chi connectivity index (χ1n) is 5.78. The van der Waals surface area contributed by atoms with E-state index in [9.17, 15) is 4.79 Å². The third kappa shape index (κ3) is 3.63. The van der Waals surface area contributed by atoms with E-state index in [0.717, 1.165) is 17.1 Å². The van der Waals surface area contributed by atoms with E-state index in [2.05, 4.69) is 10.6 Å². The van der Waals surface area contributed by atoms with Crippen molar-refractivity contribution in [1.82, 2.24) is 10.6 Å². The zero-order valence-corrected chi connectivity index (χ0v) is 11.2. The van der Waals surface area contributed by atoms with E-state index < -0.39 is 0 Å². The van der Waals surface area contributed by atoms with Gasteiger partial charge in [-0.1, -0.05) is 0 Å². The lowest BCUT2D eigenvalue weighted by Gasteiger charge is -2.15. The molecule has 0 aliphatic heterocycles. The van der Waals surface area contributed by atoms with Gasteiger partial charge in [-0.05, 0) is 25.1 Å². The van der Waals surface area contributed by atoms with Crippen LogP contribution in [0.2, 0.25) is 0 Å². The molecule has 0 saturated heterocycles. The Balaban J connectivity index is 2.73. The molecule has 0 heterocycles. The highest BCUT2D eigenvalue weighted by atomic mass is 16.5. The minimum absolute atomic E-state index is 0.0446. The zero-order chi connectivity index (χ0) is 13.5. The van der Waals surface area contributed by atoms with Crippen LogP contribution in [-0.4, -0.2) is 33.2 Å². The van der Waals surface area contributed by atoms with Crippen LogP contribution in [0.25, 0.3) is 0 Å². The molecule has 1 atom stereocenters. The van der Waals surface area contributed by atoms with E-state index in [1.54, 1.807) is 21.3 Å². The summed E-state index contributed by atoms with van der Waals surface area (Å²) in [7, 11) is 4.85. The smallest absolute Gasteiger partial charge is 0.236 e. The summed E-state index contributed by atoms with van der Waals surface area (Å²) in [5.74, 6) is 1.49. The predicted molar refractivity (Wildman–Crippen MR) is 69.9 cm³/mol. The van der Waals surface area contributed by atoms with Crippen LogP contribution in [0.1, 0.15) is 12.5 Å². The minimum Gasteiger partial charge on any atom is -0.497 e. The summed E-state index contributed by atoms with van der Waals surface area (Å²) < 4.78 is 10.4. The minimum atomic E-state index is -0.258. The largest absolute Gasteiger partial charge is 0.497 e. The van der Waals surface area contributed by atoms with Crippen molar-refractivity contribution < 1.29 is 14.3 Å². The summed E-state index contributed by atoms with van der Waals surface area (Å²) in [5.41, 5.74) is 0.951. The van der Waals surface area contributed by atoms with E-state index in [1.165, 1.54) is 0 Å². The van der Waals surface area contributed by atoms with Gasteiger partial charge in [0.15, 0.2) is 0 Å². The number of ether oxygens (including phenoxy) is 2. The first-order valence-corrected chi connectivity index (χ1v) is 5.78. The van der Waals surface area contributed by atoms with Crippen molar-refractivity contribution in [1.29, 1.82) is 0 Å². The maximum absolute atomic E-state index is 11.4. The molecule has 100 valence electrons. The van der Waals surface area contributed by atoms with Gasteiger partial charge in [0, 0.05) is 19.2 Å². The molecule has 0 bridgehead atoms. The Hall–Kier alpha value is -1.75.